The third-order valence-electron chi connectivity index (χ3n) is 12.6. The van der Waals surface area contributed by atoms with E-state index in [0.29, 0.717) is 0 Å². The quantitative estimate of drug-likeness (QED) is 0.180. The molecule has 0 aliphatic carbocycles. The first kappa shape index (κ1) is 33.8. The zero-order valence-corrected chi connectivity index (χ0v) is 34.1. The lowest BCUT2D eigenvalue weighted by Crippen LogP contribution is -2.37. The summed E-state index contributed by atoms with van der Waals surface area (Å²) in [6, 6.07) is 54.6. The van der Waals surface area contributed by atoms with Crippen molar-refractivity contribution >= 4 is 117 Å². The average molecular weight is 790 g/mol. The number of anilines is 2. The maximum Gasteiger partial charge on any atom is 0.198 e. The standard InChI is InChI=1S/C53H36BN3O2S/c1-53(2,3)30-17-19-31(20-18-30)55-41-26-47-38(32-13-7-9-15-45(32)58-47)23-36(41)34-21-22-35-37-24-39-33-14-8-10-16-46(33)59-48(39)27-43(37)57-44-28-49-42(25-40(44)54-50(34)51(35)57)56-52(60-49)29-11-5-4-6-12-29/h4-28,54-55H,1-3H3. The minimum atomic E-state index is 0.0621. The van der Waals surface area contributed by atoms with E-state index in [4.69, 9.17) is 13.8 Å². The second-order valence-corrected chi connectivity index (χ2v) is 18.3. The van der Waals surface area contributed by atoms with Crippen LogP contribution in [0.3, 0.4) is 0 Å². The molecule has 1 aliphatic heterocycles. The zero-order valence-electron chi connectivity index (χ0n) is 33.3. The van der Waals surface area contributed by atoms with E-state index in [0.717, 1.165) is 89.7 Å². The fourth-order valence-corrected chi connectivity index (χ4v) is 10.6. The number of furan rings is 2. The highest BCUT2D eigenvalue weighted by Gasteiger charge is 2.29. The van der Waals surface area contributed by atoms with Crippen LogP contribution < -0.4 is 16.2 Å². The molecule has 0 amide bonds. The molecule has 12 aromatic rings. The van der Waals surface area contributed by atoms with Gasteiger partial charge in [-0.1, -0.05) is 117 Å². The Labute approximate surface area is 349 Å². The van der Waals surface area contributed by atoms with Crippen LogP contribution >= 0.6 is 11.3 Å². The van der Waals surface area contributed by atoms with Gasteiger partial charge in [-0.15, -0.1) is 11.3 Å². The monoisotopic (exact) mass is 789 g/mol. The fourth-order valence-electron chi connectivity index (χ4n) is 9.63. The van der Waals surface area contributed by atoms with E-state index < -0.39 is 0 Å². The van der Waals surface area contributed by atoms with Crippen molar-refractivity contribution in [2.45, 2.75) is 26.2 Å². The first-order chi connectivity index (χ1) is 29.3. The molecule has 284 valence electrons. The highest BCUT2D eigenvalue weighted by molar-refractivity contribution is 7.21. The third kappa shape index (κ3) is 4.96. The van der Waals surface area contributed by atoms with Gasteiger partial charge in [0.15, 0.2) is 7.28 Å². The molecule has 5 heterocycles. The van der Waals surface area contributed by atoms with Gasteiger partial charge in [0.2, 0.25) is 0 Å². The molecule has 0 unspecified atom stereocenters. The summed E-state index contributed by atoms with van der Waals surface area (Å²) in [5.74, 6) is 0. The minimum absolute atomic E-state index is 0.0621. The summed E-state index contributed by atoms with van der Waals surface area (Å²) in [6.07, 6.45) is 0. The number of aromatic nitrogens is 2. The van der Waals surface area contributed by atoms with Crippen molar-refractivity contribution < 1.29 is 8.83 Å². The summed E-state index contributed by atoms with van der Waals surface area (Å²) < 4.78 is 16.7. The highest BCUT2D eigenvalue weighted by atomic mass is 32.1. The Balaban J connectivity index is 1.09. The Morgan fingerprint density at radius 1 is 0.600 bits per heavy atom. The third-order valence-corrected chi connectivity index (χ3v) is 13.7. The molecule has 0 spiro atoms. The van der Waals surface area contributed by atoms with E-state index in [-0.39, 0.29) is 5.41 Å². The Bertz CT molecular complexity index is 3750. The molecule has 8 aromatic carbocycles. The van der Waals surface area contributed by atoms with Gasteiger partial charge in [0.25, 0.3) is 0 Å². The summed E-state index contributed by atoms with van der Waals surface area (Å²) in [5.41, 5.74) is 17.5. The van der Waals surface area contributed by atoms with Crippen LogP contribution in [0.1, 0.15) is 26.3 Å². The van der Waals surface area contributed by atoms with Crippen molar-refractivity contribution in [2.24, 2.45) is 0 Å². The summed E-state index contributed by atoms with van der Waals surface area (Å²) >= 11 is 1.76. The summed E-state index contributed by atoms with van der Waals surface area (Å²) in [7, 11) is 0.759. The van der Waals surface area contributed by atoms with Crippen molar-refractivity contribution in [3.63, 3.8) is 0 Å². The van der Waals surface area contributed by atoms with E-state index in [1.807, 2.05) is 12.1 Å². The highest BCUT2D eigenvalue weighted by Crippen LogP contribution is 2.44. The summed E-state index contributed by atoms with van der Waals surface area (Å²) in [6.45, 7) is 6.76. The van der Waals surface area contributed by atoms with Gasteiger partial charge in [0.05, 0.1) is 21.4 Å². The minimum Gasteiger partial charge on any atom is -0.456 e. The Morgan fingerprint density at radius 2 is 1.30 bits per heavy atom. The number of nitrogens with zero attached hydrogens (tertiary/aromatic N) is 2. The van der Waals surface area contributed by atoms with Crippen LogP contribution in [0, 0.1) is 0 Å². The van der Waals surface area contributed by atoms with E-state index in [2.05, 4.69) is 170 Å². The topological polar surface area (TPSA) is 56.1 Å². The van der Waals surface area contributed by atoms with Crippen LogP contribution in [0.5, 0.6) is 0 Å². The van der Waals surface area contributed by atoms with Gasteiger partial charge in [-0.2, -0.15) is 0 Å². The van der Waals surface area contributed by atoms with E-state index in [1.165, 1.54) is 48.7 Å². The zero-order chi connectivity index (χ0) is 39.9. The van der Waals surface area contributed by atoms with Gasteiger partial charge in [-0.3, -0.25) is 0 Å². The van der Waals surface area contributed by atoms with Crippen molar-refractivity contribution in [1.82, 2.24) is 9.55 Å². The Hall–Kier alpha value is -7.09. The number of para-hydroxylation sites is 2. The summed E-state index contributed by atoms with van der Waals surface area (Å²) in [4.78, 5) is 5.20. The number of rotatable bonds is 4. The van der Waals surface area contributed by atoms with Crippen LogP contribution in [0.4, 0.5) is 11.4 Å². The number of hydrogen-bond acceptors (Lipinski definition) is 5. The largest absolute Gasteiger partial charge is 0.456 e. The van der Waals surface area contributed by atoms with Crippen molar-refractivity contribution in [3.8, 4) is 27.4 Å². The number of hydrogen-bond donors (Lipinski definition) is 1. The molecule has 0 saturated carbocycles. The van der Waals surface area contributed by atoms with Gasteiger partial charge in [0.1, 0.15) is 27.3 Å². The molecule has 0 bridgehead atoms. The van der Waals surface area contributed by atoms with Crippen molar-refractivity contribution in [3.05, 3.63) is 157 Å². The lowest BCUT2D eigenvalue weighted by molar-refractivity contribution is 0.590. The molecule has 13 rings (SSSR count). The molecule has 5 nitrogen and oxygen atoms in total. The first-order valence-corrected chi connectivity index (χ1v) is 21.4. The molecule has 0 radical (unpaired) electrons. The maximum absolute atomic E-state index is 6.54. The van der Waals surface area contributed by atoms with Gasteiger partial charge in [-0.05, 0) is 70.5 Å². The van der Waals surface area contributed by atoms with Crippen molar-refractivity contribution in [1.29, 1.82) is 0 Å². The van der Waals surface area contributed by atoms with Crippen LogP contribution in [0.15, 0.2) is 160 Å². The Kier molecular flexibility index (Phi) is 6.90. The predicted octanol–water partition coefficient (Wildman–Crippen LogP) is 13.3. The van der Waals surface area contributed by atoms with Gasteiger partial charge >= 0.3 is 0 Å². The predicted molar refractivity (Wildman–Crippen MR) is 254 cm³/mol. The molecule has 0 fully saturated rings. The SMILES string of the molecule is CC(C)(C)c1ccc(Nc2cc3oc4ccccc4c3cc2-c2ccc3c4cc5c(cc4n4c3c2Bc2cc3nc(-c6ccccc6)sc3cc2-4)oc2ccccc25)cc1. The molecule has 60 heavy (non-hydrogen) atoms. The van der Waals surface area contributed by atoms with Crippen LogP contribution in [-0.2, 0) is 5.41 Å². The van der Waals surface area contributed by atoms with Crippen molar-refractivity contribution in [2.75, 3.05) is 5.32 Å². The van der Waals surface area contributed by atoms with E-state index in [9.17, 15) is 0 Å². The lowest BCUT2D eigenvalue weighted by atomic mass is 9.59. The maximum atomic E-state index is 6.54. The number of benzene rings is 8. The normalized spacial score (nSPS) is 12.7. The van der Waals surface area contributed by atoms with E-state index >= 15 is 0 Å². The molecule has 4 aromatic heterocycles. The fraction of sp³-hybridized carbons (Fsp3) is 0.0755. The lowest BCUT2D eigenvalue weighted by Gasteiger charge is -2.24. The van der Waals surface area contributed by atoms with Crippen LogP contribution in [0.2, 0.25) is 0 Å². The van der Waals surface area contributed by atoms with Gasteiger partial charge in [0, 0.05) is 72.5 Å². The smallest absolute Gasteiger partial charge is 0.198 e. The second-order valence-electron chi connectivity index (χ2n) is 17.2. The molecule has 1 aliphatic rings. The van der Waals surface area contributed by atoms with E-state index in [1.54, 1.807) is 11.3 Å². The molecule has 0 saturated heterocycles. The molecular weight excluding hydrogens is 753 g/mol. The molecule has 0 atom stereocenters. The number of nitrogens with one attached hydrogen (secondary N) is 1. The van der Waals surface area contributed by atoms with Crippen LogP contribution in [-0.4, -0.2) is 16.8 Å². The molecule has 7 heteroatoms. The first-order valence-electron chi connectivity index (χ1n) is 20.6. The second kappa shape index (κ2) is 12.2. The summed E-state index contributed by atoms with van der Waals surface area (Å²) in [5, 5.41) is 11.8. The van der Waals surface area contributed by atoms with Gasteiger partial charge in [-0.25, -0.2) is 4.98 Å². The van der Waals surface area contributed by atoms with Crippen LogP contribution in [0.25, 0.3) is 103 Å². The van der Waals surface area contributed by atoms with Gasteiger partial charge < -0.3 is 18.7 Å². The number of thiazole rings is 1. The number of fused-ring (bicyclic) bond motifs is 12. The Morgan fingerprint density at radius 3 is 2.05 bits per heavy atom. The molecule has 1 N–H and O–H groups in total. The molecular formula is C53H36BN3O2S. The average Bonchev–Trinajstić information content (AvgIpc) is 4.03.